The fourth-order valence-electron chi connectivity index (χ4n) is 1.55. The van der Waals surface area contributed by atoms with Gasteiger partial charge in [0.2, 0.25) is 0 Å². The van der Waals surface area contributed by atoms with Gasteiger partial charge >= 0.3 is 0 Å². The van der Waals surface area contributed by atoms with Crippen molar-refractivity contribution >= 4 is 16.8 Å². The number of aryl methyl sites for hydroxylation is 1. The fourth-order valence-corrected chi connectivity index (χ4v) is 1.55. The minimum absolute atomic E-state index is 0.207. The number of carbonyl (C=O) groups excluding carboxylic acids is 1. The second-order valence-corrected chi connectivity index (χ2v) is 3.17. The van der Waals surface area contributed by atoms with Crippen molar-refractivity contribution < 1.29 is 9.28 Å². The first kappa shape index (κ1) is 8.74. The lowest BCUT2D eigenvalue weighted by Gasteiger charge is -1.99. The first-order valence-electron chi connectivity index (χ1n) is 4.18. The molecule has 1 heterocycles. The van der Waals surface area contributed by atoms with E-state index in [0.29, 0.717) is 15.9 Å². The molecule has 14 heavy (non-hydrogen) atoms. The van der Waals surface area contributed by atoms with Gasteiger partial charge in [0.25, 0.3) is 5.91 Å². The molecule has 0 unspecified atom stereocenters. The van der Waals surface area contributed by atoms with E-state index < -0.39 is 5.91 Å². The molecule has 0 spiro atoms. The highest BCUT2D eigenvalue weighted by Gasteiger charge is 2.12. The van der Waals surface area contributed by atoms with Gasteiger partial charge in [0, 0.05) is 11.1 Å². The topological polar surface area (TPSA) is 48.0 Å². The van der Waals surface area contributed by atoms with Gasteiger partial charge in [-0.3, -0.25) is 4.79 Å². The summed E-state index contributed by atoms with van der Waals surface area (Å²) in [5.41, 5.74) is 6.05. The smallest absolute Gasteiger partial charge is 0.250 e. The van der Waals surface area contributed by atoms with Gasteiger partial charge in [0.15, 0.2) is 0 Å². The van der Waals surface area contributed by atoms with Gasteiger partial charge in [0.05, 0.1) is 11.1 Å². The molecule has 0 radical (unpaired) electrons. The van der Waals surface area contributed by atoms with Crippen LogP contribution in [0, 0.1) is 6.92 Å². The molecule has 0 fully saturated rings. The second kappa shape index (κ2) is 2.83. The Morgan fingerprint density at radius 1 is 1.50 bits per heavy atom. The van der Waals surface area contributed by atoms with Crippen molar-refractivity contribution in [3.63, 3.8) is 0 Å². The van der Waals surface area contributed by atoms with Crippen molar-refractivity contribution in [3.8, 4) is 0 Å². The molecule has 0 aliphatic carbocycles. The summed E-state index contributed by atoms with van der Waals surface area (Å²) >= 11 is 0. The number of halogens is 1. The maximum Gasteiger partial charge on any atom is 0.250 e. The van der Waals surface area contributed by atoms with Crippen molar-refractivity contribution in [2.75, 3.05) is 0 Å². The molecule has 2 aromatic rings. The van der Waals surface area contributed by atoms with Crippen molar-refractivity contribution in [2.24, 2.45) is 5.73 Å². The fraction of sp³-hybridized carbons (Fsp3) is 0.100. The summed E-state index contributed by atoms with van der Waals surface area (Å²) in [6.45, 7) is 1.63. The predicted octanol–water partition coefficient (Wildman–Crippen LogP) is 1.78. The Morgan fingerprint density at radius 2 is 2.21 bits per heavy atom. The van der Waals surface area contributed by atoms with Gasteiger partial charge in [-0.2, -0.15) is 4.79 Å². The highest BCUT2D eigenvalue weighted by molar-refractivity contribution is 6.05. The molecule has 0 aliphatic heterocycles. The molecule has 1 aromatic carbocycles. The lowest BCUT2D eigenvalue weighted by molar-refractivity contribution is 0.100. The van der Waals surface area contributed by atoms with Gasteiger partial charge in [0.1, 0.15) is 0 Å². The third-order valence-electron chi connectivity index (χ3n) is 2.20. The zero-order valence-corrected chi connectivity index (χ0v) is 7.62. The zero-order chi connectivity index (χ0) is 10.3. The van der Waals surface area contributed by atoms with E-state index in [2.05, 4.69) is 0 Å². The molecule has 0 atom stereocenters. The van der Waals surface area contributed by atoms with E-state index in [1.54, 1.807) is 25.1 Å². The third kappa shape index (κ3) is 1.08. The molecule has 0 saturated heterocycles. The molecule has 2 rings (SSSR count). The summed E-state index contributed by atoms with van der Waals surface area (Å²) in [6, 6.07) is 6.61. The Hall–Kier alpha value is -1.84. The van der Waals surface area contributed by atoms with Crippen molar-refractivity contribution in [1.82, 2.24) is 4.79 Å². The summed E-state index contributed by atoms with van der Waals surface area (Å²) in [5.74, 6) is -0.618. The van der Waals surface area contributed by atoms with Gasteiger partial charge in [-0.15, -0.1) is 0 Å². The molecule has 0 bridgehead atoms. The molecule has 0 saturated carbocycles. The number of rotatable bonds is 1. The van der Waals surface area contributed by atoms with E-state index in [1.807, 2.05) is 0 Å². The van der Waals surface area contributed by atoms with Gasteiger partial charge in [-0.1, -0.05) is 16.6 Å². The standard InChI is InChI=1S/C10H9FN2O/c1-6-5-7-3-2-4-8(10(12)14)9(7)13(6)11/h2-5H,1H3,(H2,12,14). The summed E-state index contributed by atoms with van der Waals surface area (Å²) in [6.07, 6.45) is 0. The Balaban J connectivity index is 2.91. The largest absolute Gasteiger partial charge is 0.366 e. The van der Waals surface area contributed by atoms with Crippen LogP contribution in [0.25, 0.3) is 10.9 Å². The van der Waals surface area contributed by atoms with Crippen LogP contribution in [0.3, 0.4) is 0 Å². The van der Waals surface area contributed by atoms with Crippen molar-refractivity contribution in [2.45, 2.75) is 6.92 Å². The molecule has 0 aliphatic rings. The van der Waals surface area contributed by atoms with Gasteiger partial charge < -0.3 is 5.73 Å². The first-order chi connectivity index (χ1) is 6.61. The minimum Gasteiger partial charge on any atom is -0.366 e. The predicted molar refractivity (Wildman–Crippen MR) is 51.7 cm³/mol. The van der Waals surface area contributed by atoms with Crippen LogP contribution in [0.1, 0.15) is 16.1 Å². The van der Waals surface area contributed by atoms with Crippen LogP contribution in [0.4, 0.5) is 4.48 Å². The summed E-state index contributed by atoms with van der Waals surface area (Å²) in [4.78, 5) is 11.5. The molecule has 1 aromatic heterocycles. The number of carbonyl (C=O) groups is 1. The van der Waals surface area contributed by atoms with Crippen LogP contribution in [0.5, 0.6) is 0 Å². The normalized spacial score (nSPS) is 10.7. The molecular formula is C10H9FN2O. The number of fused-ring (bicyclic) bond motifs is 1. The first-order valence-corrected chi connectivity index (χ1v) is 4.18. The number of benzene rings is 1. The lowest BCUT2D eigenvalue weighted by atomic mass is 10.1. The maximum atomic E-state index is 13.5. The highest BCUT2D eigenvalue weighted by Crippen LogP contribution is 2.22. The van der Waals surface area contributed by atoms with E-state index >= 15 is 0 Å². The molecule has 1 amide bonds. The average molecular weight is 192 g/mol. The number of aromatic nitrogens is 1. The van der Waals surface area contributed by atoms with Crippen molar-refractivity contribution in [1.29, 1.82) is 0 Å². The number of primary amides is 1. The van der Waals surface area contributed by atoms with E-state index in [0.717, 1.165) is 0 Å². The molecule has 2 N–H and O–H groups in total. The summed E-state index contributed by atoms with van der Waals surface area (Å²) < 4.78 is 13.5. The summed E-state index contributed by atoms with van der Waals surface area (Å²) in [7, 11) is 0. The number of para-hydroxylation sites is 1. The van der Waals surface area contributed by atoms with Crippen LogP contribution in [0.15, 0.2) is 24.3 Å². The monoisotopic (exact) mass is 192 g/mol. The Morgan fingerprint density at radius 3 is 2.86 bits per heavy atom. The quantitative estimate of drug-likeness (QED) is 0.735. The SMILES string of the molecule is Cc1cc2cccc(C(N)=O)c2n1F. The van der Waals surface area contributed by atoms with Crippen LogP contribution in [-0.2, 0) is 0 Å². The molecular weight excluding hydrogens is 183 g/mol. The number of nitrogens with zero attached hydrogens (tertiary/aromatic N) is 1. The molecule has 3 nitrogen and oxygen atoms in total. The van der Waals surface area contributed by atoms with E-state index in [-0.39, 0.29) is 11.1 Å². The molecule has 72 valence electrons. The van der Waals surface area contributed by atoms with Gasteiger partial charge in [-0.05, 0) is 19.1 Å². The number of amides is 1. The Labute approximate surface area is 79.9 Å². The van der Waals surface area contributed by atoms with Crippen molar-refractivity contribution in [3.05, 3.63) is 35.5 Å². The Kier molecular flexibility index (Phi) is 1.77. The van der Waals surface area contributed by atoms with Crippen LogP contribution in [0.2, 0.25) is 0 Å². The third-order valence-corrected chi connectivity index (χ3v) is 2.20. The Bertz CT molecular complexity index is 516. The number of hydrogen-bond acceptors (Lipinski definition) is 1. The van der Waals surface area contributed by atoms with E-state index in [4.69, 9.17) is 5.73 Å². The second-order valence-electron chi connectivity index (χ2n) is 3.17. The highest BCUT2D eigenvalue weighted by atomic mass is 19.2. The molecule has 4 heteroatoms. The van der Waals surface area contributed by atoms with Crippen LogP contribution < -0.4 is 5.73 Å². The minimum atomic E-state index is -0.618. The van der Waals surface area contributed by atoms with E-state index in [9.17, 15) is 9.28 Å². The number of hydrogen-bond donors (Lipinski definition) is 1. The average Bonchev–Trinajstić information content (AvgIpc) is 2.43. The van der Waals surface area contributed by atoms with Crippen LogP contribution >= 0.6 is 0 Å². The maximum absolute atomic E-state index is 13.5. The van der Waals surface area contributed by atoms with Gasteiger partial charge in [-0.25, -0.2) is 0 Å². The summed E-state index contributed by atoms with van der Waals surface area (Å²) in [5, 5.41) is 0.682. The van der Waals surface area contributed by atoms with E-state index in [1.165, 1.54) is 6.07 Å². The lowest BCUT2D eigenvalue weighted by Crippen LogP contribution is -2.12. The zero-order valence-electron chi connectivity index (χ0n) is 7.62. The van der Waals surface area contributed by atoms with Crippen LogP contribution in [-0.4, -0.2) is 10.7 Å². The number of nitrogens with two attached hydrogens (primary N) is 1.